The number of halogens is 1. The van der Waals surface area contributed by atoms with Crippen LogP contribution in [0, 0.1) is 18.2 Å². The molecule has 0 atom stereocenters. The molecule has 0 saturated heterocycles. The van der Waals surface area contributed by atoms with Gasteiger partial charge in [-0.05, 0) is 98.8 Å². The molecule has 0 bridgehead atoms. The van der Waals surface area contributed by atoms with Crippen LogP contribution in [0.3, 0.4) is 0 Å². The molecule has 2 aromatic heterocycles. The maximum Gasteiger partial charge on any atom is 0.339 e. The molecular formula is C28H32FN3O3S. The second-order valence-electron chi connectivity index (χ2n) is 11.0. The fourth-order valence-electron chi connectivity index (χ4n) is 4.60. The van der Waals surface area contributed by atoms with Crippen LogP contribution in [-0.4, -0.2) is 23.3 Å². The number of anilines is 1. The summed E-state index contributed by atoms with van der Waals surface area (Å²) in [7, 11) is -4.08. The molecule has 8 heteroatoms. The molecule has 4 rings (SSSR count). The summed E-state index contributed by atoms with van der Waals surface area (Å²) in [5.74, 6) is 0.508. The van der Waals surface area contributed by atoms with Crippen molar-refractivity contribution in [3.63, 3.8) is 0 Å². The van der Waals surface area contributed by atoms with Crippen molar-refractivity contribution in [2.24, 2.45) is 5.41 Å². The summed E-state index contributed by atoms with van der Waals surface area (Å²) >= 11 is 0. The van der Waals surface area contributed by atoms with Crippen molar-refractivity contribution in [3.05, 3.63) is 78.2 Å². The van der Waals surface area contributed by atoms with E-state index in [9.17, 15) is 12.8 Å². The minimum atomic E-state index is -4.08. The van der Waals surface area contributed by atoms with Gasteiger partial charge in [0.15, 0.2) is 0 Å². The van der Waals surface area contributed by atoms with Gasteiger partial charge in [-0.2, -0.15) is 8.42 Å². The topological polar surface area (TPSA) is 72.7 Å². The summed E-state index contributed by atoms with van der Waals surface area (Å²) in [6.45, 7) is 13.0. The van der Waals surface area contributed by atoms with Crippen LogP contribution in [-0.2, 0) is 10.1 Å². The third-order valence-corrected chi connectivity index (χ3v) is 6.91. The van der Waals surface area contributed by atoms with Gasteiger partial charge in [0.1, 0.15) is 33.6 Å². The van der Waals surface area contributed by atoms with E-state index in [0.717, 1.165) is 46.8 Å². The number of hydrogen-bond acceptors (Lipinski definition) is 5. The first-order valence-electron chi connectivity index (χ1n) is 11.8. The Morgan fingerprint density at radius 3 is 2.22 bits per heavy atom. The lowest BCUT2D eigenvalue weighted by Gasteiger charge is -2.34. The van der Waals surface area contributed by atoms with Crippen molar-refractivity contribution in [2.75, 3.05) is 5.32 Å². The third-order valence-electron chi connectivity index (χ3n) is 5.65. The van der Waals surface area contributed by atoms with Gasteiger partial charge < -0.3 is 9.50 Å². The van der Waals surface area contributed by atoms with Gasteiger partial charge in [-0.25, -0.2) is 9.37 Å². The Labute approximate surface area is 212 Å². The molecule has 2 aromatic carbocycles. The van der Waals surface area contributed by atoms with Crippen LogP contribution in [0.4, 0.5) is 10.2 Å². The molecule has 0 aliphatic carbocycles. The molecule has 0 radical (unpaired) electrons. The smallest absolute Gasteiger partial charge is 0.339 e. The maximum atomic E-state index is 13.2. The predicted molar refractivity (Wildman–Crippen MR) is 141 cm³/mol. The van der Waals surface area contributed by atoms with E-state index in [0.29, 0.717) is 0 Å². The first kappa shape index (κ1) is 25.7. The number of nitrogens with one attached hydrogen (secondary N) is 1. The average Bonchev–Trinajstić information content (AvgIpc) is 3.09. The van der Waals surface area contributed by atoms with Crippen LogP contribution < -0.4 is 9.50 Å². The summed E-state index contributed by atoms with van der Waals surface area (Å²) in [4.78, 5) is 4.78. The first-order chi connectivity index (χ1) is 16.7. The fraction of sp³-hybridized carbons (Fsp3) is 0.321. The van der Waals surface area contributed by atoms with Crippen LogP contribution >= 0.6 is 0 Å². The van der Waals surface area contributed by atoms with Crippen molar-refractivity contribution < 1.29 is 17.0 Å². The van der Waals surface area contributed by atoms with Crippen LogP contribution in [0.1, 0.15) is 46.6 Å². The van der Waals surface area contributed by atoms with Gasteiger partial charge in [0, 0.05) is 17.3 Å². The zero-order valence-corrected chi connectivity index (χ0v) is 22.3. The molecule has 6 nitrogen and oxygen atoms in total. The van der Waals surface area contributed by atoms with Crippen LogP contribution in [0.15, 0.2) is 71.8 Å². The van der Waals surface area contributed by atoms with E-state index in [4.69, 9.17) is 9.17 Å². The van der Waals surface area contributed by atoms with E-state index in [-0.39, 0.29) is 21.6 Å². The molecule has 190 valence electrons. The number of hydrogen-bond donors (Lipinski definition) is 1. The molecule has 1 N–H and O–H groups in total. The number of benzene rings is 2. The minimum absolute atomic E-state index is 0.115. The molecule has 0 unspecified atom stereocenters. The largest absolute Gasteiger partial charge is 0.379 e. The SMILES string of the molecule is Cc1ccn2c(NC(C)(C)CC(C)(C)C)c(-c3ccc(OS(=O)(=O)c4ccc(F)cc4)cc3)nc2c1. The molecule has 0 aliphatic rings. The lowest BCUT2D eigenvalue weighted by molar-refractivity contribution is 0.302. The summed E-state index contributed by atoms with van der Waals surface area (Å²) in [5.41, 5.74) is 3.42. The van der Waals surface area contributed by atoms with Gasteiger partial charge in [-0.15, -0.1) is 0 Å². The van der Waals surface area contributed by atoms with E-state index in [1.54, 1.807) is 24.3 Å². The molecule has 36 heavy (non-hydrogen) atoms. The van der Waals surface area contributed by atoms with Gasteiger partial charge in [-0.1, -0.05) is 20.8 Å². The Hall–Kier alpha value is -3.39. The maximum absolute atomic E-state index is 13.2. The van der Waals surface area contributed by atoms with E-state index >= 15 is 0 Å². The summed E-state index contributed by atoms with van der Waals surface area (Å²) in [5, 5.41) is 3.71. The monoisotopic (exact) mass is 509 g/mol. The van der Waals surface area contributed by atoms with Gasteiger partial charge >= 0.3 is 10.1 Å². The standard InChI is InChI=1S/C28H32FN3O3S/c1-19-15-16-32-24(17-19)30-25(26(32)31-28(5,6)18-27(2,3)4)20-7-11-22(12-8-20)35-36(33,34)23-13-9-21(29)10-14-23/h7-17,31H,18H2,1-6H3. The van der Waals surface area contributed by atoms with Crippen molar-refractivity contribution in [1.29, 1.82) is 0 Å². The second-order valence-corrected chi connectivity index (χ2v) is 12.5. The van der Waals surface area contributed by atoms with E-state index < -0.39 is 15.9 Å². The minimum Gasteiger partial charge on any atom is -0.379 e. The van der Waals surface area contributed by atoms with E-state index in [2.05, 4.69) is 39.9 Å². The Balaban J connectivity index is 1.68. The predicted octanol–water partition coefficient (Wildman–Crippen LogP) is 6.84. The van der Waals surface area contributed by atoms with Gasteiger partial charge in [0.2, 0.25) is 0 Å². The number of imidazole rings is 1. The van der Waals surface area contributed by atoms with Crippen molar-refractivity contribution in [2.45, 2.75) is 58.4 Å². The van der Waals surface area contributed by atoms with E-state index in [1.165, 1.54) is 12.1 Å². The molecule has 0 amide bonds. The number of fused-ring (bicyclic) bond motifs is 1. The van der Waals surface area contributed by atoms with Crippen LogP contribution in [0.25, 0.3) is 16.9 Å². The van der Waals surface area contributed by atoms with Crippen molar-refractivity contribution in [3.8, 4) is 17.0 Å². The third kappa shape index (κ3) is 5.87. The van der Waals surface area contributed by atoms with Gasteiger partial charge in [0.05, 0.1) is 0 Å². The Bertz CT molecular complexity index is 1480. The Kier molecular flexibility index (Phi) is 6.60. The van der Waals surface area contributed by atoms with Crippen LogP contribution in [0.5, 0.6) is 5.75 Å². The molecule has 4 aromatic rings. The van der Waals surface area contributed by atoms with Gasteiger partial charge in [-0.3, -0.25) is 4.40 Å². The zero-order valence-electron chi connectivity index (χ0n) is 21.5. The highest BCUT2D eigenvalue weighted by molar-refractivity contribution is 7.87. The number of aryl methyl sites for hydroxylation is 1. The highest BCUT2D eigenvalue weighted by atomic mass is 32.2. The molecule has 2 heterocycles. The molecule has 0 saturated carbocycles. The lowest BCUT2D eigenvalue weighted by Crippen LogP contribution is -2.36. The second kappa shape index (κ2) is 9.24. The van der Waals surface area contributed by atoms with E-state index in [1.807, 2.05) is 29.7 Å². The van der Waals surface area contributed by atoms with Crippen molar-refractivity contribution in [1.82, 2.24) is 9.38 Å². The lowest BCUT2D eigenvalue weighted by atomic mass is 9.82. The van der Waals surface area contributed by atoms with Crippen LogP contribution in [0.2, 0.25) is 0 Å². The Morgan fingerprint density at radius 1 is 0.972 bits per heavy atom. The Morgan fingerprint density at radius 2 is 1.61 bits per heavy atom. The molecule has 0 spiro atoms. The fourth-order valence-corrected chi connectivity index (χ4v) is 5.53. The number of nitrogens with zero attached hydrogens (tertiary/aromatic N) is 2. The summed E-state index contributed by atoms with van der Waals surface area (Å²) < 4.78 is 45.6. The number of rotatable bonds is 7. The highest BCUT2D eigenvalue weighted by Crippen LogP contribution is 2.35. The number of aromatic nitrogens is 2. The first-order valence-corrected chi connectivity index (χ1v) is 13.2. The average molecular weight is 510 g/mol. The summed E-state index contributed by atoms with van der Waals surface area (Å²) in [6, 6.07) is 15.3. The molecule has 0 fully saturated rings. The summed E-state index contributed by atoms with van der Waals surface area (Å²) in [6.07, 6.45) is 2.94. The van der Waals surface area contributed by atoms with Crippen molar-refractivity contribution >= 4 is 21.6 Å². The number of pyridine rings is 1. The zero-order chi connectivity index (χ0) is 26.3. The highest BCUT2D eigenvalue weighted by Gasteiger charge is 2.28. The quantitative estimate of drug-likeness (QED) is 0.276. The van der Waals surface area contributed by atoms with Gasteiger partial charge in [0.25, 0.3) is 0 Å². The normalized spacial score (nSPS) is 12.6. The molecule has 0 aliphatic heterocycles. The molecular weight excluding hydrogens is 477 g/mol.